The number of fused-ring (bicyclic) bond motifs is 1. The molecule has 2 N–H and O–H groups in total. The van der Waals surface area contributed by atoms with E-state index in [0.29, 0.717) is 19.5 Å². The van der Waals surface area contributed by atoms with Crippen LogP contribution in [-0.2, 0) is 23.9 Å². The summed E-state index contributed by atoms with van der Waals surface area (Å²) in [6.07, 6.45) is 5.60. The molecule has 3 aliphatic rings. The lowest BCUT2D eigenvalue weighted by atomic mass is 9.62. The van der Waals surface area contributed by atoms with E-state index in [0.717, 1.165) is 38.5 Å². The van der Waals surface area contributed by atoms with E-state index >= 15 is 0 Å². The molecule has 3 rings (SSSR count). The van der Waals surface area contributed by atoms with Gasteiger partial charge in [0.1, 0.15) is 17.6 Å². The van der Waals surface area contributed by atoms with Gasteiger partial charge in [-0.05, 0) is 45.4 Å². The normalized spacial score (nSPS) is 35.3. The van der Waals surface area contributed by atoms with Gasteiger partial charge in [0, 0.05) is 19.7 Å². The van der Waals surface area contributed by atoms with Crippen molar-refractivity contribution in [2.24, 2.45) is 17.8 Å². The summed E-state index contributed by atoms with van der Waals surface area (Å²) in [4.78, 5) is 41.8. The standard InChI is InChI=1S/C24H40N2O6/c1-5-7-12-25-20(28)19-24-15-16(3)23(4,32-24)18(22(30)31-6-2)17(24)21(29)26(19)13-10-8-9-11-14-27/h16-19,27H,5-15H2,1-4H3,(H,25,28)/t16?,17-,18+,19?,23-,24?/m0/s1. The fourth-order valence-electron chi connectivity index (χ4n) is 6.10. The van der Waals surface area contributed by atoms with Crippen molar-refractivity contribution in [3.05, 3.63) is 0 Å². The Bertz CT molecular complexity index is 715. The van der Waals surface area contributed by atoms with Crippen molar-refractivity contribution in [3.63, 3.8) is 0 Å². The molecule has 2 bridgehead atoms. The molecule has 0 aliphatic carbocycles. The summed E-state index contributed by atoms with van der Waals surface area (Å²) in [6, 6.07) is -0.738. The van der Waals surface area contributed by atoms with Gasteiger partial charge in [-0.3, -0.25) is 14.4 Å². The second-order valence-electron chi connectivity index (χ2n) is 9.77. The maximum atomic E-state index is 13.7. The van der Waals surface area contributed by atoms with Gasteiger partial charge in [-0.2, -0.15) is 0 Å². The first-order valence-electron chi connectivity index (χ1n) is 12.3. The SMILES string of the molecule is CCCCNC(=O)C1N(CCCCCCO)C(=O)[C@@H]2[C@H](C(=O)OCC)[C@@]3(C)OC12CC3C. The Morgan fingerprint density at radius 1 is 1.22 bits per heavy atom. The van der Waals surface area contributed by atoms with Crippen LogP contribution in [0, 0.1) is 17.8 Å². The van der Waals surface area contributed by atoms with Crippen molar-refractivity contribution >= 4 is 17.8 Å². The lowest BCUT2D eigenvalue weighted by Crippen LogP contribution is -2.55. The van der Waals surface area contributed by atoms with E-state index in [2.05, 4.69) is 12.2 Å². The summed E-state index contributed by atoms with van der Waals surface area (Å²) in [6.45, 7) is 9.14. The largest absolute Gasteiger partial charge is 0.466 e. The summed E-state index contributed by atoms with van der Waals surface area (Å²) in [5.41, 5.74) is -1.81. The Morgan fingerprint density at radius 3 is 2.59 bits per heavy atom. The summed E-state index contributed by atoms with van der Waals surface area (Å²) < 4.78 is 12.0. The minimum Gasteiger partial charge on any atom is -0.466 e. The first-order chi connectivity index (χ1) is 15.3. The number of unbranched alkanes of at least 4 members (excludes halogenated alkanes) is 4. The fourth-order valence-corrected chi connectivity index (χ4v) is 6.10. The van der Waals surface area contributed by atoms with Gasteiger partial charge in [0.2, 0.25) is 11.8 Å². The third kappa shape index (κ3) is 4.04. The van der Waals surface area contributed by atoms with Crippen molar-refractivity contribution < 1.29 is 29.0 Å². The second kappa shape index (κ2) is 10.1. The maximum absolute atomic E-state index is 13.7. The summed E-state index contributed by atoms with van der Waals surface area (Å²) in [5, 5.41) is 12.0. The van der Waals surface area contributed by atoms with Crippen molar-refractivity contribution in [2.75, 3.05) is 26.3 Å². The lowest BCUT2D eigenvalue weighted by Gasteiger charge is -2.35. The molecule has 3 heterocycles. The van der Waals surface area contributed by atoms with Crippen LogP contribution in [0.25, 0.3) is 0 Å². The molecule has 182 valence electrons. The van der Waals surface area contributed by atoms with Crippen LogP contribution in [0.4, 0.5) is 0 Å². The predicted molar refractivity (Wildman–Crippen MR) is 119 cm³/mol. The molecule has 3 aliphatic heterocycles. The maximum Gasteiger partial charge on any atom is 0.312 e. The highest BCUT2D eigenvalue weighted by molar-refractivity contribution is 5.98. The van der Waals surface area contributed by atoms with Crippen LogP contribution in [-0.4, -0.2) is 71.3 Å². The molecule has 2 amide bonds. The molecule has 0 aromatic heterocycles. The molecule has 0 aromatic rings. The number of nitrogens with zero attached hydrogens (tertiary/aromatic N) is 1. The van der Waals surface area contributed by atoms with Crippen LogP contribution < -0.4 is 5.32 Å². The molecule has 6 atom stereocenters. The number of carbonyl (C=O) groups excluding carboxylic acids is 3. The number of ether oxygens (including phenoxy) is 2. The van der Waals surface area contributed by atoms with Gasteiger partial charge in [0.15, 0.2) is 0 Å². The number of aliphatic hydroxyl groups is 1. The third-order valence-electron chi connectivity index (χ3n) is 7.74. The molecule has 8 heteroatoms. The predicted octanol–water partition coefficient (Wildman–Crippen LogP) is 2.03. The Balaban J connectivity index is 1.91. The van der Waals surface area contributed by atoms with Crippen molar-refractivity contribution in [3.8, 4) is 0 Å². The number of carbonyl (C=O) groups is 3. The summed E-state index contributed by atoms with van der Waals surface area (Å²) in [7, 11) is 0. The Kier molecular flexibility index (Phi) is 7.86. The van der Waals surface area contributed by atoms with Gasteiger partial charge < -0.3 is 24.8 Å². The van der Waals surface area contributed by atoms with E-state index in [1.807, 2.05) is 13.8 Å². The van der Waals surface area contributed by atoms with Crippen molar-refractivity contribution in [2.45, 2.75) is 89.9 Å². The highest BCUT2D eigenvalue weighted by Gasteiger charge is 2.80. The minimum atomic E-state index is -0.996. The molecule has 0 aromatic carbocycles. The molecule has 0 saturated carbocycles. The van der Waals surface area contributed by atoms with Gasteiger partial charge in [-0.1, -0.05) is 33.1 Å². The van der Waals surface area contributed by atoms with Crippen molar-refractivity contribution in [1.82, 2.24) is 10.2 Å². The highest BCUT2D eigenvalue weighted by Crippen LogP contribution is 2.65. The van der Waals surface area contributed by atoms with E-state index in [1.165, 1.54) is 0 Å². The van der Waals surface area contributed by atoms with Gasteiger partial charge in [-0.15, -0.1) is 0 Å². The topological polar surface area (TPSA) is 105 Å². The van der Waals surface area contributed by atoms with E-state index in [-0.39, 0.29) is 30.9 Å². The lowest BCUT2D eigenvalue weighted by molar-refractivity contribution is -0.161. The number of hydrogen-bond acceptors (Lipinski definition) is 6. The number of amides is 2. The molecular formula is C24H40N2O6. The zero-order valence-electron chi connectivity index (χ0n) is 20.0. The quantitative estimate of drug-likeness (QED) is 0.347. The van der Waals surface area contributed by atoms with Crippen LogP contribution in [0.15, 0.2) is 0 Å². The number of likely N-dealkylation sites (tertiary alicyclic amines) is 1. The van der Waals surface area contributed by atoms with E-state index in [4.69, 9.17) is 14.6 Å². The van der Waals surface area contributed by atoms with E-state index in [1.54, 1.807) is 11.8 Å². The molecule has 3 unspecified atom stereocenters. The van der Waals surface area contributed by atoms with Gasteiger partial charge >= 0.3 is 5.97 Å². The molecule has 0 radical (unpaired) electrons. The number of hydrogen-bond donors (Lipinski definition) is 2. The number of esters is 1. The van der Waals surface area contributed by atoms with Gasteiger partial charge in [0.05, 0.1) is 18.1 Å². The third-order valence-corrected chi connectivity index (χ3v) is 7.74. The highest BCUT2D eigenvalue weighted by atomic mass is 16.6. The average molecular weight is 453 g/mol. The second-order valence-corrected chi connectivity index (χ2v) is 9.77. The number of nitrogens with one attached hydrogen (secondary N) is 1. The summed E-state index contributed by atoms with van der Waals surface area (Å²) >= 11 is 0. The van der Waals surface area contributed by atoms with E-state index < -0.39 is 35.0 Å². The van der Waals surface area contributed by atoms with Crippen LogP contribution in [0.2, 0.25) is 0 Å². The monoisotopic (exact) mass is 452 g/mol. The molecule has 1 spiro atoms. The molecular weight excluding hydrogens is 412 g/mol. The van der Waals surface area contributed by atoms with Crippen LogP contribution in [0.3, 0.4) is 0 Å². The van der Waals surface area contributed by atoms with E-state index in [9.17, 15) is 14.4 Å². The Labute approximate surface area is 191 Å². The molecule has 3 fully saturated rings. The molecule has 3 saturated heterocycles. The minimum absolute atomic E-state index is 0.0244. The van der Waals surface area contributed by atoms with Gasteiger partial charge in [-0.25, -0.2) is 0 Å². The fraction of sp³-hybridized carbons (Fsp3) is 0.875. The van der Waals surface area contributed by atoms with Crippen molar-refractivity contribution in [1.29, 1.82) is 0 Å². The number of rotatable bonds is 12. The summed E-state index contributed by atoms with van der Waals surface area (Å²) in [5.74, 6) is -2.14. The smallest absolute Gasteiger partial charge is 0.312 e. The first kappa shape index (κ1) is 25.0. The zero-order chi connectivity index (χ0) is 23.5. The average Bonchev–Trinajstić information content (AvgIpc) is 3.25. The molecule has 32 heavy (non-hydrogen) atoms. The van der Waals surface area contributed by atoms with Crippen LogP contribution in [0.5, 0.6) is 0 Å². The van der Waals surface area contributed by atoms with Crippen LogP contribution in [0.1, 0.15) is 72.6 Å². The molecule has 8 nitrogen and oxygen atoms in total. The Hall–Kier alpha value is -1.67. The van der Waals surface area contributed by atoms with Gasteiger partial charge in [0.25, 0.3) is 0 Å². The number of aliphatic hydroxyl groups excluding tert-OH is 1. The van der Waals surface area contributed by atoms with Crippen LogP contribution >= 0.6 is 0 Å². The zero-order valence-corrected chi connectivity index (χ0v) is 20.0. The Morgan fingerprint density at radius 2 is 1.94 bits per heavy atom. The first-order valence-corrected chi connectivity index (χ1v) is 12.3.